The quantitative estimate of drug-likeness (QED) is 0.472. The molecule has 0 saturated carbocycles. The van der Waals surface area contributed by atoms with Gasteiger partial charge in [-0.15, -0.1) is 0 Å². The van der Waals surface area contributed by atoms with Gasteiger partial charge >= 0.3 is 6.18 Å². The van der Waals surface area contributed by atoms with Crippen LogP contribution in [0.15, 0.2) is 41.7 Å². The van der Waals surface area contributed by atoms with Crippen molar-refractivity contribution in [2.24, 2.45) is 12.0 Å². The van der Waals surface area contributed by atoms with Gasteiger partial charge in [0.15, 0.2) is 5.96 Å². The first-order valence-electron chi connectivity index (χ1n) is 9.66. The maximum absolute atomic E-state index is 12.6. The van der Waals surface area contributed by atoms with E-state index in [1.807, 2.05) is 20.2 Å². The van der Waals surface area contributed by atoms with Gasteiger partial charge in [-0.1, -0.05) is 11.8 Å². The van der Waals surface area contributed by atoms with Crippen molar-refractivity contribution in [3.8, 4) is 11.8 Å². The van der Waals surface area contributed by atoms with E-state index in [1.165, 1.54) is 12.1 Å². The molecular formula is C21H24F3N5O. The van der Waals surface area contributed by atoms with Crippen LogP contribution in [0.1, 0.15) is 29.7 Å². The summed E-state index contributed by atoms with van der Waals surface area (Å²) in [7, 11) is 1.87. The SMILES string of the molecule is CCNC(=NCC#Cc1ccc(C(F)(F)F)cc1)N1CCOC(c2cnn(C)c2)C1. The van der Waals surface area contributed by atoms with Gasteiger partial charge in [-0.05, 0) is 31.2 Å². The maximum atomic E-state index is 12.6. The normalized spacial score (nSPS) is 17.4. The van der Waals surface area contributed by atoms with Crippen molar-refractivity contribution in [1.29, 1.82) is 0 Å². The molecule has 1 aliphatic rings. The van der Waals surface area contributed by atoms with E-state index >= 15 is 0 Å². The molecule has 1 unspecified atom stereocenters. The first kappa shape index (κ1) is 21.7. The zero-order valence-corrected chi connectivity index (χ0v) is 16.9. The summed E-state index contributed by atoms with van der Waals surface area (Å²) in [5, 5.41) is 7.46. The molecule has 3 rings (SSSR count). The van der Waals surface area contributed by atoms with Crippen molar-refractivity contribution in [1.82, 2.24) is 20.0 Å². The highest BCUT2D eigenvalue weighted by atomic mass is 19.4. The number of hydrogen-bond donors (Lipinski definition) is 1. The lowest BCUT2D eigenvalue weighted by atomic mass is 10.1. The second kappa shape index (κ2) is 9.67. The molecular weight excluding hydrogens is 395 g/mol. The molecule has 2 aromatic rings. The summed E-state index contributed by atoms with van der Waals surface area (Å²) in [6.45, 7) is 4.85. The third kappa shape index (κ3) is 5.76. The molecule has 0 aliphatic carbocycles. The zero-order valence-electron chi connectivity index (χ0n) is 16.9. The smallest absolute Gasteiger partial charge is 0.370 e. The zero-order chi connectivity index (χ0) is 21.6. The largest absolute Gasteiger partial charge is 0.416 e. The van der Waals surface area contributed by atoms with Crippen molar-refractivity contribution in [2.45, 2.75) is 19.2 Å². The average Bonchev–Trinajstić information content (AvgIpc) is 3.16. The van der Waals surface area contributed by atoms with E-state index in [4.69, 9.17) is 4.74 Å². The van der Waals surface area contributed by atoms with Crippen LogP contribution in [0.5, 0.6) is 0 Å². The minimum atomic E-state index is -4.34. The van der Waals surface area contributed by atoms with Gasteiger partial charge in [0.25, 0.3) is 0 Å². The summed E-state index contributed by atoms with van der Waals surface area (Å²) in [6, 6.07) is 4.80. The van der Waals surface area contributed by atoms with Crippen molar-refractivity contribution < 1.29 is 17.9 Å². The summed E-state index contributed by atoms with van der Waals surface area (Å²) in [5.41, 5.74) is 0.849. The van der Waals surface area contributed by atoms with E-state index in [2.05, 4.69) is 32.1 Å². The number of aryl methyl sites for hydroxylation is 1. The van der Waals surface area contributed by atoms with Gasteiger partial charge in [-0.2, -0.15) is 18.3 Å². The Hall–Kier alpha value is -2.99. The standard InChI is InChI=1S/C21H24F3N5O/c1-3-25-20(29-11-12-30-19(15-29)17-13-27-28(2)14-17)26-10-4-5-16-6-8-18(9-7-16)21(22,23)24/h6-9,13-14,19H,3,10-12,15H2,1-2H3,(H,25,26). The number of nitrogens with zero attached hydrogens (tertiary/aromatic N) is 4. The Morgan fingerprint density at radius 3 is 2.73 bits per heavy atom. The third-order valence-electron chi connectivity index (χ3n) is 4.55. The van der Waals surface area contributed by atoms with Gasteiger partial charge in [0.05, 0.1) is 24.9 Å². The predicted octanol–water partition coefficient (Wildman–Crippen LogP) is 2.83. The van der Waals surface area contributed by atoms with Crippen molar-refractivity contribution in [3.05, 3.63) is 53.3 Å². The number of aliphatic imine (C=N–C) groups is 1. The highest BCUT2D eigenvalue weighted by Gasteiger charge is 2.29. The Morgan fingerprint density at radius 1 is 1.33 bits per heavy atom. The molecule has 1 aliphatic heterocycles. The van der Waals surface area contributed by atoms with Crippen LogP contribution in [-0.2, 0) is 18.0 Å². The summed E-state index contributed by atoms with van der Waals surface area (Å²) < 4.78 is 45.5. The molecule has 30 heavy (non-hydrogen) atoms. The minimum Gasteiger partial charge on any atom is -0.370 e. The highest BCUT2D eigenvalue weighted by molar-refractivity contribution is 5.80. The maximum Gasteiger partial charge on any atom is 0.416 e. The highest BCUT2D eigenvalue weighted by Crippen LogP contribution is 2.29. The Balaban J connectivity index is 1.64. The van der Waals surface area contributed by atoms with E-state index in [0.717, 1.165) is 23.7 Å². The number of ether oxygens (including phenoxy) is 1. The number of morpholine rings is 1. The van der Waals surface area contributed by atoms with Crippen LogP contribution in [0.3, 0.4) is 0 Å². The summed E-state index contributed by atoms with van der Waals surface area (Å²) in [4.78, 5) is 6.66. The Labute approximate surface area is 173 Å². The fraction of sp³-hybridized carbons (Fsp3) is 0.429. The average molecular weight is 419 g/mol. The number of benzene rings is 1. The topological polar surface area (TPSA) is 54.7 Å². The Bertz CT molecular complexity index is 925. The van der Waals surface area contributed by atoms with Crippen molar-refractivity contribution >= 4 is 5.96 Å². The van der Waals surface area contributed by atoms with Crippen LogP contribution in [0.25, 0.3) is 0 Å². The van der Waals surface area contributed by atoms with Gasteiger partial charge in [-0.25, -0.2) is 4.99 Å². The number of halogens is 3. The van der Waals surface area contributed by atoms with E-state index in [9.17, 15) is 13.2 Å². The van der Waals surface area contributed by atoms with Crippen LogP contribution in [-0.4, -0.2) is 53.4 Å². The van der Waals surface area contributed by atoms with Gasteiger partial charge < -0.3 is 15.0 Å². The van der Waals surface area contributed by atoms with Crippen LogP contribution < -0.4 is 5.32 Å². The lowest BCUT2D eigenvalue weighted by Crippen LogP contribution is -2.48. The molecule has 1 saturated heterocycles. The molecule has 1 aromatic carbocycles. The van der Waals surface area contributed by atoms with Gasteiger partial charge in [0, 0.05) is 37.5 Å². The molecule has 160 valence electrons. The van der Waals surface area contributed by atoms with Gasteiger partial charge in [-0.3, -0.25) is 4.68 Å². The molecule has 1 fully saturated rings. The molecule has 6 nitrogen and oxygen atoms in total. The van der Waals surface area contributed by atoms with Gasteiger partial charge in [0.1, 0.15) is 12.6 Å². The Kier molecular flexibility index (Phi) is 7.00. The van der Waals surface area contributed by atoms with E-state index in [0.29, 0.717) is 31.8 Å². The van der Waals surface area contributed by atoms with Crippen LogP contribution in [0, 0.1) is 11.8 Å². The molecule has 1 atom stereocenters. The van der Waals surface area contributed by atoms with Crippen LogP contribution >= 0.6 is 0 Å². The number of guanidine groups is 1. The van der Waals surface area contributed by atoms with Crippen molar-refractivity contribution in [2.75, 3.05) is 32.8 Å². The summed E-state index contributed by atoms with van der Waals surface area (Å²) >= 11 is 0. The Morgan fingerprint density at radius 2 is 2.10 bits per heavy atom. The predicted molar refractivity (Wildman–Crippen MR) is 108 cm³/mol. The lowest BCUT2D eigenvalue weighted by molar-refractivity contribution is -0.137. The molecule has 0 bridgehead atoms. The number of rotatable bonds is 3. The molecule has 0 spiro atoms. The number of nitrogens with one attached hydrogen (secondary N) is 1. The third-order valence-corrected chi connectivity index (χ3v) is 4.55. The first-order chi connectivity index (χ1) is 14.4. The molecule has 0 amide bonds. The fourth-order valence-electron chi connectivity index (χ4n) is 3.07. The van der Waals surface area contributed by atoms with E-state index in [-0.39, 0.29) is 12.6 Å². The monoisotopic (exact) mass is 419 g/mol. The van der Waals surface area contributed by atoms with Crippen LogP contribution in [0.4, 0.5) is 13.2 Å². The first-order valence-corrected chi connectivity index (χ1v) is 9.66. The minimum absolute atomic E-state index is 0.0884. The molecule has 1 aromatic heterocycles. The van der Waals surface area contributed by atoms with Crippen molar-refractivity contribution in [3.63, 3.8) is 0 Å². The fourth-order valence-corrected chi connectivity index (χ4v) is 3.07. The van der Waals surface area contributed by atoms with E-state index < -0.39 is 11.7 Å². The summed E-state index contributed by atoms with van der Waals surface area (Å²) in [6.07, 6.45) is -0.695. The number of alkyl halides is 3. The molecule has 2 heterocycles. The van der Waals surface area contributed by atoms with Gasteiger partial charge in [0.2, 0.25) is 0 Å². The number of hydrogen-bond acceptors (Lipinski definition) is 3. The molecule has 9 heteroatoms. The lowest BCUT2D eigenvalue weighted by Gasteiger charge is -2.34. The van der Waals surface area contributed by atoms with Crippen LogP contribution in [0.2, 0.25) is 0 Å². The summed E-state index contributed by atoms with van der Waals surface area (Å²) in [5.74, 6) is 6.49. The van der Waals surface area contributed by atoms with E-state index in [1.54, 1.807) is 10.9 Å². The second-order valence-electron chi connectivity index (χ2n) is 6.80. The molecule has 1 N–H and O–H groups in total. The molecule has 0 radical (unpaired) electrons. The second-order valence-corrected chi connectivity index (χ2v) is 6.80. The number of aromatic nitrogens is 2.